The van der Waals surface area contributed by atoms with E-state index in [-0.39, 0.29) is 0 Å². The van der Waals surface area contributed by atoms with Crippen molar-refractivity contribution in [2.75, 3.05) is 11.4 Å². The molecule has 3 rings (SSSR count). The van der Waals surface area contributed by atoms with Crippen LogP contribution >= 0.6 is 0 Å². The van der Waals surface area contributed by atoms with Crippen LogP contribution in [0.15, 0.2) is 30.5 Å². The topological polar surface area (TPSA) is 55.0 Å². The third kappa shape index (κ3) is 2.31. The summed E-state index contributed by atoms with van der Waals surface area (Å²) in [7, 11) is 0. The molecule has 0 bridgehead atoms. The SMILES string of the molecule is Cc1ncc(CN)c(N2CCc3ccccc3C2)n1. The molecule has 19 heavy (non-hydrogen) atoms. The Bertz CT molecular complexity index is 594. The normalized spacial score (nSPS) is 14.3. The molecular weight excluding hydrogens is 236 g/mol. The highest BCUT2D eigenvalue weighted by atomic mass is 15.2. The van der Waals surface area contributed by atoms with E-state index < -0.39 is 0 Å². The van der Waals surface area contributed by atoms with Crippen LogP contribution in [-0.4, -0.2) is 16.5 Å². The second-order valence-corrected chi connectivity index (χ2v) is 4.91. The maximum absolute atomic E-state index is 5.80. The smallest absolute Gasteiger partial charge is 0.137 e. The zero-order chi connectivity index (χ0) is 13.2. The third-order valence-electron chi connectivity index (χ3n) is 3.61. The fourth-order valence-electron chi connectivity index (χ4n) is 2.58. The Balaban J connectivity index is 1.95. The Morgan fingerprint density at radius 3 is 2.84 bits per heavy atom. The van der Waals surface area contributed by atoms with E-state index in [9.17, 15) is 0 Å². The summed E-state index contributed by atoms with van der Waals surface area (Å²) in [6.07, 6.45) is 2.90. The summed E-state index contributed by atoms with van der Waals surface area (Å²) in [6, 6.07) is 8.60. The van der Waals surface area contributed by atoms with Crippen LogP contribution in [-0.2, 0) is 19.5 Å². The van der Waals surface area contributed by atoms with Gasteiger partial charge in [0.05, 0.1) is 0 Å². The van der Waals surface area contributed by atoms with E-state index in [1.807, 2.05) is 13.1 Å². The quantitative estimate of drug-likeness (QED) is 0.888. The number of benzene rings is 1. The average Bonchev–Trinajstić information content (AvgIpc) is 2.46. The first-order chi connectivity index (χ1) is 9.28. The second kappa shape index (κ2) is 4.97. The van der Waals surface area contributed by atoms with Crippen LogP contribution in [0.1, 0.15) is 22.5 Å². The van der Waals surface area contributed by atoms with Crippen molar-refractivity contribution in [2.45, 2.75) is 26.4 Å². The van der Waals surface area contributed by atoms with Crippen LogP contribution in [0, 0.1) is 6.92 Å². The third-order valence-corrected chi connectivity index (χ3v) is 3.61. The second-order valence-electron chi connectivity index (χ2n) is 4.91. The minimum Gasteiger partial charge on any atom is -0.352 e. The zero-order valence-electron chi connectivity index (χ0n) is 11.1. The maximum Gasteiger partial charge on any atom is 0.137 e. The monoisotopic (exact) mass is 254 g/mol. The van der Waals surface area contributed by atoms with Gasteiger partial charge in [0.2, 0.25) is 0 Å². The van der Waals surface area contributed by atoms with Gasteiger partial charge in [-0.3, -0.25) is 0 Å². The van der Waals surface area contributed by atoms with E-state index in [4.69, 9.17) is 5.73 Å². The van der Waals surface area contributed by atoms with Crippen molar-refractivity contribution in [2.24, 2.45) is 5.73 Å². The van der Waals surface area contributed by atoms with Crippen molar-refractivity contribution in [1.82, 2.24) is 9.97 Å². The van der Waals surface area contributed by atoms with Crippen molar-refractivity contribution >= 4 is 5.82 Å². The number of hydrogen-bond donors (Lipinski definition) is 1. The van der Waals surface area contributed by atoms with Crippen LogP contribution in [0.5, 0.6) is 0 Å². The number of fused-ring (bicyclic) bond motifs is 1. The molecule has 2 aromatic rings. The molecule has 0 fully saturated rings. The molecule has 0 aliphatic carbocycles. The van der Waals surface area contributed by atoms with Crippen molar-refractivity contribution < 1.29 is 0 Å². The molecule has 2 heterocycles. The Morgan fingerprint density at radius 1 is 1.26 bits per heavy atom. The van der Waals surface area contributed by atoms with Gasteiger partial charge < -0.3 is 10.6 Å². The molecule has 0 atom stereocenters. The summed E-state index contributed by atoms with van der Waals surface area (Å²) < 4.78 is 0. The molecule has 0 unspecified atom stereocenters. The summed E-state index contributed by atoms with van der Waals surface area (Å²) >= 11 is 0. The minimum atomic E-state index is 0.480. The molecule has 4 nitrogen and oxygen atoms in total. The van der Waals surface area contributed by atoms with Crippen molar-refractivity contribution in [3.05, 3.63) is 53.0 Å². The van der Waals surface area contributed by atoms with Gasteiger partial charge in [0, 0.05) is 31.4 Å². The highest BCUT2D eigenvalue weighted by Gasteiger charge is 2.19. The first-order valence-corrected chi connectivity index (χ1v) is 6.62. The van der Waals surface area contributed by atoms with Gasteiger partial charge in [0.15, 0.2) is 0 Å². The Morgan fingerprint density at radius 2 is 2.05 bits per heavy atom. The average molecular weight is 254 g/mol. The van der Waals surface area contributed by atoms with E-state index in [0.29, 0.717) is 6.54 Å². The molecule has 4 heteroatoms. The lowest BCUT2D eigenvalue weighted by Gasteiger charge is -2.31. The molecule has 98 valence electrons. The number of hydrogen-bond acceptors (Lipinski definition) is 4. The van der Waals surface area contributed by atoms with Crippen LogP contribution in [0.2, 0.25) is 0 Å². The molecule has 1 aromatic heterocycles. The van der Waals surface area contributed by atoms with E-state index in [2.05, 4.69) is 39.1 Å². The largest absolute Gasteiger partial charge is 0.352 e. The molecule has 0 amide bonds. The fourth-order valence-corrected chi connectivity index (χ4v) is 2.58. The van der Waals surface area contributed by atoms with Crippen molar-refractivity contribution in [3.63, 3.8) is 0 Å². The van der Waals surface area contributed by atoms with Gasteiger partial charge in [-0.15, -0.1) is 0 Å². The van der Waals surface area contributed by atoms with Gasteiger partial charge in [-0.05, 0) is 24.5 Å². The van der Waals surface area contributed by atoms with Gasteiger partial charge in [0.1, 0.15) is 11.6 Å². The van der Waals surface area contributed by atoms with E-state index >= 15 is 0 Å². The zero-order valence-corrected chi connectivity index (χ0v) is 11.1. The summed E-state index contributed by atoms with van der Waals surface area (Å²) in [6.45, 7) is 4.29. The molecule has 2 N–H and O–H groups in total. The number of rotatable bonds is 2. The first-order valence-electron chi connectivity index (χ1n) is 6.62. The standard InChI is InChI=1S/C15H18N4/c1-11-17-9-14(8-16)15(18-11)19-7-6-12-4-2-3-5-13(12)10-19/h2-5,9H,6-8,10,16H2,1H3. The molecule has 1 aliphatic rings. The van der Waals surface area contributed by atoms with E-state index in [1.165, 1.54) is 11.1 Å². The lowest BCUT2D eigenvalue weighted by atomic mass is 10.00. The number of nitrogens with zero attached hydrogens (tertiary/aromatic N) is 3. The number of aryl methyl sites for hydroxylation is 1. The molecule has 1 aliphatic heterocycles. The van der Waals surface area contributed by atoms with Gasteiger partial charge in [-0.1, -0.05) is 24.3 Å². The van der Waals surface area contributed by atoms with Crippen LogP contribution in [0.4, 0.5) is 5.82 Å². The number of nitrogens with two attached hydrogens (primary N) is 1. The van der Waals surface area contributed by atoms with Gasteiger partial charge in [-0.2, -0.15) is 0 Å². The predicted molar refractivity (Wildman–Crippen MR) is 75.9 cm³/mol. The maximum atomic E-state index is 5.80. The Kier molecular flexibility index (Phi) is 3.17. The number of aromatic nitrogens is 2. The summed E-state index contributed by atoms with van der Waals surface area (Å²) in [4.78, 5) is 11.1. The van der Waals surface area contributed by atoms with Gasteiger partial charge in [0.25, 0.3) is 0 Å². The van der Waals surface area contributed by atoms with Crippen LogP contribution in [0.25, 0.3) is 0 Å². The summed E-state index contributed by atoms with van der Waals surface area (Å²) in [5.74, 6) is 1.79. The van der Waals surface area contributed by atoms with Gasteiger partial charge >= 0.3 is 0 Å². The van der Waals surface area contributed by atoms with E-state index in [1.54, 1.807) is 0 Å². The predicted octanol–water partition coefficient (Wildman–Crippen LogP) is 1.81. The lowest BCUT2D eigenvalue weighted by molar-refractivity contribution is 0.710. The summed E-state index contributed by atoms with van der Waals surface area (Å²) in [5, 5.41) is 0. The molecule has 0 spiro atoms. The highest BCUT2D eigenvalue weighted by Crippen LogP contribution is 2.25. The summed E-state index contributed by atoms with van der Waals surface area (Å²) in [5.41, 5.74) is 9.64. The first kappa shape index (κ1) is 12.1. The molecule has 0 saturated heterocycles. The molecule has 0 radical (unpaired) electrons. The Hall–Kier alpha value is -1.94. The fraction of sp³-hybridized carbons (Fsp3) is 0.333. The lowest BCUT2D eigenvalue weighted by Crippen LogP contribution is -2.32. The van der Waals surface area contributed by atoms with Crippen LogP contribution < -0.4 is 10.6 Å². The van der Waals surface area contributed by atoms with E-state index in [0.717, 1.165) is 36.7 Å². The highest BCUT2D eigenvalue weighted by molar-refractivity contribution is 5.49. The minimum absolute atomic E-state index is 0.480. The van der Waals surface area contributed by atoms with Crippen LogP contribution in [0.3, 0.4) is 0 Å². The van der Waals surface area contributed by atoms with Gasteiger partial charge in [-0.25, -0.2) is 9.97 Å². The van der Waals surface area contributed by atoms with Crippen molar-refractivity contribution in [1.29, 1.82) is 0 Å². The molecular formula is C15H18N4. The number of anilines is 1. The molecule has 0 saturated carbocycles. The Labute approximate surface area is 113 Å². The molecule has 1 aromatic carbocycles. The van der Waals surface area contributed by atoms with Crippen molar-refractivity contribution in [3.8, 4) is 0 Å².